The molecule has 1 amide bonds. The molecule has 1 atom stereocenters. The van der Waals surface area contributed by atoms with E-state index < -0.39 is 0 Å². The maximum atomic E-state index is 12.0. The summed E-state index contributed by atoms with van der Waals surface area (Å²) in [5, 5.41) is 0. The van der Waals surface area contributed by atoms with E-state index in [-0.39, 0.29) is 5.92 Å². The van der Waals surface area contributed by atoms with Gasteiger partial charge in [-0.25, -0.2) is 0 Å². The number of rotatable bonds is 4. The van der Waals surface area contributed by atoms with E-state index in [1.165, 1.54) is 0 Å². The Kier molecular flexibility index (Phi) is 4.58. The first-order valence-corrected chi connectivity index (χ1v) is 6.12. The molecule has 3 nitrogen and oxygen atoms in total. The SMILES string of the molecule is CCN1CCC(N(CC)C(=O)C(C)C)C1. The van der Waals surface area contributed by atoms with Gasteiger partial charge in [0.25, 0.3) is 0 Å². The molecule has 0 aromatic rings. The van der Waals surface area contributed by atoms with Crippen molar-refractivity contribution in [2.45, 2.75) is 40.2 Å². The first kappa shape index (κ1) is 12.5. The van der Waals surface area contributed by atoms with Crippen LogP contribution in [0.3, 0.4) is 0 Å². The summed E-state index contributed by atoms with van der Waals surface area (Å²) in [5.41, 5.74) is 0. The van der Waals surface area contributed by atoms with Crippen LogP contribution < -0.4 is 0 Å². The number of carbonyl (C=O) groups is 1. The van der Waals surface area contributed by atoms with E-state index in [2.05, 4.69) is 23.6 Å². The van der Waals surface area contributed by atoms with Crippen molar-refractivity contribution in [1.29, 1.82) is 0 Å². The van der Waals surface area contributed by atoms with E-state index in [1.807, 2.05) is 13.8 Å². The molecule has 0 saturated carbocycles. The standard InChI is InChI=1S/C12H24N2O/c1-5-13-8-7-11(9-13)14(6-2)12(15)10(3)4/h10-11H,5-9H2,1-4H3. The summed E-state index contributed by atoms with van der Waals surface area (Å²) >= 11 is 0. The molecule has 1 aliphatic rings. The number of hydrogen-bond donors (Lipinski definition) is 0. The second-order valence-electron chi connectivity index (χ2n) is 4.61. The Morgan fingerprint density at radius 3 is 2.53 bits per heavy atom. The molecular formula is C12H24N2O. The third-order valence-corrected chi connectivity index (χ3v) is 3.25. The highest BCUT2D eigenvalue weighted by Crippen LogP contribution is 2.17. The van der Waals surface area contributed by atoms with Crippen LogP contribution in [0, 0.1) is 5.92 Å². The lowest BCUT2D eigenvalue weighted by Gasteiger charge is -2.29. The van der Waals surface area contributed by atoms with Crippen LogP contribution in [0.2, 0.25) is 0 Å². The van der Waals surface area contributed by atoms with Gasteiger partial charge in [0.1, 0.15) is 0 Å². The predicted molar refractivity (Wildman–Crippen MR) is 62.7 cm³/mol. The zero-order valence-electron chi connectivity index (χ0n) is 10.5. The molecule has 3 heteroatoms. The van der Waals surface area contributed by atoms with Crippen molar-refractivity contribution < 1.29 is 4.79 Å². The molecule has 1 saturated heterocycles. The zero-order valence-corrected chi connectivity index (χ0v) is 10.5. The van der Waals surface area contributed by atoms with Gasteiger partial charge >= 0.3 is 0 Å². The number of carbonyl (C=O) groups excluding carboxylic acids is 1. The quantitative estimate of drug-likeness (QED) is 0.706. The first-order valence-electron chi connectivity index (χ1n) is 6.12. The molecule has 1 rings (SSSR count). The van der Waals surface area contributed by atoms with E-state index in [1.54, 1.807) is 0 Å². The monoisotopic (exact) mass is 212 g/mol. The summed E-state index contributed by atoms with van der Waals surface area (Å²) in [4.78, 5) is 16.4. The molecule has 0 aromatic carbocycles. The highest BCUT2D eigenvalue weighted by Gasteiger charge is 2.29. The minimum Gasteiger partial charge on any atom is -0.338 e. The Balaban J connectivity index is 2.56. The minimum absolute atomic E-state index is 0.126. The van der Waals surface area contributed by atoms with E-state index in [4.69, 9.17) is 0 Å². The zero-order chi connectivity index (χ0) is 11.4. The molecule has 1 aliphatic heterocycles. The van der Waals surface area contributed by atoms with Gasteiger partial charge < -0.3 is 9.80 Å². The van der Waals surface area contributed by atoms with Crippen molar-refractivity contribution in [1.82, 2.24) is 9.80 Å². The van der Waals surface area contributed by atoms with E-state index >= 15 is 0 Å². The van der Waals surface area contributed by atoms with Gasteiger partial charge in [-0.15, -0.1) is 0 Å². The molecule has 1 unspecified atom stereocenters. The third kappa shape index (κ3) is 2.94. The van der Waals surface area contributed by atoms with Gasteiger partial charge in [-0.3, -0.25) is 4.79 Å². The van der Waals surface area contributed by atoms with Gasteiger partial charge in [0.05, 0.1) is 0 Å². The normalized spacial score (nSPS) is 22.3. The minimum atomic E-state index is 0.126. The van der Waals surface area contributed by atoms with Gasteiger partial charge in [-0.1, -0.05) is 20.8 Å². The van der Waals surface area contributed by atoms with Crippen LogP contribution in [0.25, 0.3) is 0 Å². The molecule has 15 heavy (non-hydrogen) atoms. The lowest BCUT2D eigenvalue weighted by Crippen LogP contribution is -2.43. The molecule has 0 N–H and O–H groups in total. The highest BCUT2D eigenvalue weighted by atomic mass is 16.2. The largest absolute Gasteiger partial charge is 0.338 e. The van der Waals surface area contributed by atoms with Crippen LogP contribution in [-0.2, 0) is 4.79 Å². The fourth-order valence-electron chi connectivity index (χ4n) is 2.28. The van der Waals surface area contributed by atoms with Crippen LogP contribution >= 0.6 is 0 Å². The second kappa shape index (κ2) is 5.50. The molecule has 0 aromatic heterocycles. The second-order valence-corrected chi connectivity index (χ2v) is 4.61. The van der Waals surface area contributed by atoms with Gasteiger partial charge in [-0.05, 0) is 19.9 Å². The topological polar surface area (TPSA) is 23.6 Å². The van der Waals surface area contributed by atoms with E-state index in [9.17, 15) is 4.79 Å². The number of hydrogen-bond acceptors (Lipinski definition) is 2. The molecule has 0 spiro atoms. The Morgan fingerprint density at radius 1 is 1.47 bits per heavy atom. The summed E-state index contributed by atoms with van der Waals surface area (Å²) in [5.74, 6) is 0.432. The number of likely N-dealkylation sites (N-methyl/N-ethyl adjacent to an activating group) is 2. The molecular weight excluding hydrogens is 188 g/mol. The smallest absolute Gasteiger partial charge is 0.225 e. The van der Waals surface area contributed by atoms with Gasteiger partial charge in [0, 0.05) is 31.6 Å². The van der Waals surface area contributed by atoms with Crippen molar-refractivity contribution in [3.8, 4) is 0 Å². The van der Waals surface area contributed by atoms with Crippen molar-refractivity contribution in [2.24, 2.45) is 5.92 Å². The molecule has 1 heterocycles. The number of nitrogens with zero attached hydrogens (tertiary/aromatic N) is 2. The van der Waals surface area contributed by atoms with Crippen molar-refractivity contribution in [2.75, 3.05) is 26.2 Å². The van der Waals surface area contributed by atoms with Crippen LogP contribution in [0.15, 0.2) is 0 Å². The van der Waals surface area contributed by atoms with E-state index in [0.717, 1.165) is 32.6 Å². The molecule has 1 fully saturated rings. The Bertz CT molecular complexity index is 216. The molecule has 0 radical (unpaired) electrons. The summed E-state index contributed by atoms with van der Waals surface area (Å²) in [7, 11) is 0. The molecule has 0 aliphatic carbocycles. The highest BCUT2D eigenvalue weighted by molar-refractivity contribution is 5.78. The average molecular weight is 212 g/mol. The molecule has 0 bridgehead atoms. The summed E-state index contributed by atoms with van der Waals surface area (Å²) < 4.78 is 0. The maximum absolute atomic E-state index is 12.0. The van der Waals surface area contributed by atoms with Gasteiger partial charge in [-0.2, -0.15) is 0 Å². The first-order chi connectivity index (χ1) is 7.10. The summed E-state index contributed by atoms with van der Waals surface area (Å²) in [6.07, 6.45) is 1.14. The van der Waals surface area contributed by atoms with Crippen molar-refractivity contribution >= 4 is 5.91 Å². The summed E-state index contributed by atoms with van der Waals surface area (Å²) in [6, 6.07) is 0.449. The van der Waals surface area contributed by atoms with E-state index in [0.29, 0.717) is 11.9 Å². The van der Waals surface area contributed by atoms with Crippen molar-refractivity contribution in [3.05, 3.63) is 0 Å². The summed E-state index contributed by atoms with van der Waals surface area (Å²) in [6.45, 7) is 12.4. The van der Waals surface area contributed by atoms with Crippen LogP contribution in [-0.4, -0.2) is 47.9 Å². The number of amides is 1. The predicted octanol–water partition coefficient (Wildman–Crippen LogP) is 1.59. The molecule has 88 valence electrons. The lowest BCUT2D eigenvalue weighted by molar-refractivity contribution is -0.136. The fraction of sp³-hybridized carbons (Fsp3) is 0.917. The lowest BCUT2D eigenvalue weighted by atomic mass is 10.1. The average Bonchev–Trinajstić information content (AvgIpc) is 2.67. The van der Waals surface area contributed by atoms with Crippen LogP contribution in [0.1, 0.15) is 34.1 Å². The maximum Gasteiger partial charge on any atom is 0.225 e. The Morgan fingerprint density at radius 2 is 2.13 bits per heavy atom. The Hall–Kier alpha value is -0.570. The fourth-order valence-corrected chi connectivity index (χ4v) is 2.28. The van der Waals surface area contributed by atoms with Gasteiger partial charge in [0.2, 0.25) is 5.91 Å². The number of likely N-dealkylation sites (tertiary alicyclic amines) is 1. The Labute approximate surface area is 93.4 Å². The van der Waals surface area contributed by atoms with Gasteiger partial charge in [0.15, 0.2) is 0 Å². The van der Waals surface area contributed by atoms with Crippen LogP contribution in [0.4, 0.5) is 0 Å². The van der Waals surface area contributed by atoms with Crippen molar-refractivity contribution in [3.63, 3.8) is 0 Å². The van der Waals surface area contributed by atoms with Crippen LogP contribution in [0.5, 0.6) is 0 Å². The third-order valence-electron chi connectivity index (χ3n) is 3.25.